The van der Waals surface area contributed by atoms with E-state index in [9.17, 15) is 9.59 Å². The van der Waals surface area contributed by atoms with Gasteiger partial charge in [-0.2, -0.15) is 0 Å². The zero-order chi connectivity index (χ0) is 12.1. The number of carbonyl (C=O) groups excluding carboxylic acids is 1. The highest BCUT2D eigenvalue weighted by Gasteiger charge is 2.15. The fraction of sp³-hybridized carbons (Fsp3) is 0.400. The van der Waals surface area contributed by atoms with Crippen LogP contribution in [0.3, 0.4) is 0 Å². The van der Waals surface area contributed by atoms with Crippen molar-refractivity contribution in [1.29, 1.82) is 0 Å². The van der Waals surface area contributed by atoms with Gasteiger partial charge >= 0.3 is 11.9 Å². The number of furan rings is 1. The summed E-state index contributed by atoms with van der Waals surface area (Å²) in [6.07, 6.45) is 0. The molecule has 0 saturated heterocycles. The van der Waals surface area contributed by atoms with Crippen molar-refractivity contribution in [2.45, 2.75) is 12.7 Å². The Morgan fingerprint density at radius 1 is 1.56 bits per heavy atom. The van der Waals surface area contributed by atoms with E-state index in [0.717, 1.165) is 0 Å². The molecule has 1 aromatic rings. The van der Waals surface area contributed by atoms with Crippen LogP contribution < -0.4 is 0 Å². The lowest BCUT2D eigenvalue weighted by molar-refractivity contribution is -0.133. The van der Waals surface area contributed by atoms with Crippen molar-refractivity contribution in [3.8, 4) is 0 Å². The fourth-order valence-electron chi connectivity index (χ4n) is 1.15. The number of hydrogen-bond donors (Lipinski definition) is 1. The lowest BCUT2D eigenvalue weighted by atomic mass is 10.3. The van der Waals surface area contributed by atoms with Gasteiger partial charge in [-0.15, -0.1) is 11.8 Å². The van der Waals surface area contributed by atoms with Gasteiger partial charge in [0.05, 0.1) is 18.6 Å². The number of aryl methyl sites for hydroxylation is 1. The van der Waals surface area contributed by atoms with Crippen molar-refractivity contribution in [3.63, 3.8) is 0 Å². The number of rotatable bonds is 5. The average molecular weight is 244 g/mol. The monoisotopic (exact) mass is 244 g/mol. The Hall–Kier alpha value is -1.43. The highest BCUT2D eigenvalue weighted by molar-refractivity contribution is 7.99. The van der Waals surface area contributed by atoms with Crippen LogP contribution in [0.5, 0.6) is 0 Å². The van der Waals surface area contributed by atoms with E-state index in [4.69, 9.17) is 9.52 Å². The third-order valence-electron chi connectivity index (χ3n) is 1.81. The Labute approximate surface area is 96.8 Å². The molecule has 5 nitrogen and oxygen atoms in total. The molecular formula is C10H12O5S. The third kappa shape index (κ3) is 3.30. The summed E-state index contributed by atoms with van der Waals surface area (Å²) in [5, 5.41) is 8.45. The molecule has 0 spiro atoms. The molecule has 0 fully saturated rings. The van der Waals surface area contributed by atoms with Crippen LogP contribution in [-0.2, 0) is 15.3 Å². The predicted molar refractivity (Wildman–Crippen MR) is 58.6 cm³/mol. The molecule has 1 N–H and O–H groups in total. The molecule has 0 aliphatic rings. The number of carboxylic acids is 1. The number of methoxy groups -OCH3 is 1. The van der Waals surface area contributed by atoms with E-state index in [1.165, 1.54) is 18.9 Å². The van der Waals surface area contributed by atoms with E-state index in [1.54, 1.807) is 13.0 Å². The lowest BCUT2D eigenvalue weighted by Crippen LogP contribution is -2.00. The second kappa shape index (κ2) is 5.60. The number of carbonyl (C=O) groups is 2. The van der Waals surface area contributed by atoms with Crippen molar-refractivity contribution in [2.75, 3.05) is 12.9 Å². The van der Waals surface area contributed by atoms with Crippen LogP contribution in [0.2, 0.25) is 0 Å². The second-order valence-corrected chi connectivity index (χ2v) is 4.09. The van der Waals surface area contributed by atoms with Gasteiger partial charge < -0.3 is 14.3 Å². The number of esters is 1. The van der Waals surface area contributed by atoms with Crippen molar-refractivity contribution in [2.24, 2.45) is 0 Å². The molecular weight excluding hydrogens is 232 g/mol. The number of carboxylic acid groups (broad SMARTS) is 1. The van der Waals surface area contributed by atoms with Crippen LogP contribution in [0, 0.1) is 6.92 Å². The summed E-state index contributed by atoms with van der Waals surface area (Å²) in [4.78, 5) is 21.5. The third-order valence-corrected chi connectivity index (χ3v) is 2.75. The van der Waals surface area contributed by atoms with Crippen LogP contribution in [0.1, 0.15) is 21.9 Å². The highest BCUT2D eigenvalue weighted by Crippen LogP contribution is 2.20. The van der Waals surface area contributed by atoms with Gasteiger partial charge in [0.15, 0.2) is 0 Å². The maximum Gasteiger partial charge on any atom is 0.374 e. The van der Waals surface area contributed by atoms with Gasteiger partial charge in [0.25, 0.3) is 0 Å². The highest BCUT2D eigenvalue weighted by atomic mass is 32.2. The van der Waals surface area contributed by atoms with Gasteiger partial charge in [0, 0.05) is 5.56 Å². The largest absolute Gasteiger partial charge is 0.481 e. The SMILES string of the molecule is COC(=O)c1oc(CSCC(=O)O)cc1C. The molecule has 0 bridgehead atoms. The molecule has 88 valence electrons. The minimum atomic E-state index is -0.874. The summed E-state index contributed by atoms with van der Waals surface area (Å²) in [5.74, 6) is -0.219. The molecule has 0 radical (unpaired) electrons. The van der Waals surface area contributed by atoms with E-state index in [1.807, 2.05) is 0 Å². The maximum atomic E-state index is 11.2. The van der Waals surface area contributed by atoms with Crippen LogP contribution in [0.15, 0.2) is 10.5 Å². The Morgan fingerprint density at radius 2 is 2.25 bits per heavy atom. The molecule has 1 heterocycles. The van der Waals surface area contributed by atoms with Crippen LogP contribution in [-0.4, -0.2) is 29.9 Å². The molecule has 0 aromatic carbocycles. The molecule has 1 aromatic heterocycles. The summed E-state index contributed by atoms with van der Waals surface area (Å²) >= 11 is 1.21. The Bertz CT molecular complexity index is 396. The van der Waals surface area contributed by atoms with Crippen molar-refractivity contribution >= 4 is 23.7 Å². The molecule has 0 atom stereocenters. The summed E-state index contributed by atoms with van der Waals surface area (Å²) in [6.45, 7) is 1.74. The van der Waals surface area contributed by atoms with E-state index in [-0.39, 0.29) is 11.5 Å². The Kier molecular flexibility index (Phi) is 4.42. The average Bonchev–Trinajstić information content (AvgIpc) is 2.58. The molecule has 0 aliphatic carbocycles. The van der Waals surface area contributed by atoms with Gasteiger partial charge in [0.2, 0.25) is 5.76 Å². The lowest BCUT2D eigenvalue weighted by Gasteiger charge is -1.96. The van der Waals surface area contributed by atoms with Gasteiger partial charge in [-0.3, -0.25) is 4.79 Å². The molecule has 6 heteroatoms. The Morgan fingerprint density at radius 3 is 2.81 bits per heavy atom. The second-order valence-electron chi connectivity index (χ2n) is 3.10. The van der Waals surface area contributed by atoms with E-state index in [0.29, 0.717) is 17.1 Å². The van der Waals surface area contributed by atoms with Gasteiger partial charge in [-0.1, -0.05) is 0 Å². The van der Waals surface area contributed by atoms with Crippen molar-refractivity contribution < 1.29 is 23.8 Å². The van der Waals surface area contributed by atoms with Crippen molar-refractivity contribution in [3.05, 3.63) is 23.2 Å². The number of aliphatic carboxylic acids is 1. The minimum Gasteiger partial charge on any atom is -0.481 e. The summed E-state index contributed by atoms with van der Waals surface area (Å²) in [7, 11) is 1.28. The quantitative estimate of drug-likeness (QED) is 0.794. The van der Waals surface area contributed by atoms with Crippen molar-refractivity contribution in [1.82, 2.24) is 0 Å². The fourth-order valence-corrected chi connectivity index (χ4v) is 1.77. The van der Waals surface area contributed by atoms with Crippen LogP contribution >= 0.6 is 11.8 Å². The summed E-state index contributed by atoms with van der Waals surface area (Å²) in [5.41, 5.74) is 0.692. The molecule has 0 amide bonds. The summed E-state index contributed by atoms with van der Waals surface area (Å²) < 4.78 is 9.80. The minimum absolute atomic E-state index is 0.00725. The first-order chi connectivity index (χ1) is 7.54. The zero-order valence-corrected chi connectivity index (χ0v) is 9.80. The molecule has 0 unspecified atom stereocenters. The van der Waals surface area contributed by atoms with Crippen LogP contribution in [0.25, 0.3) is 0 Å². The number of hydrogen-bond acceptors (Lipinski definition) is 5. The first-order valence-electron chi connectivity index (χ1n) is 4.51. The maximum absolute atomic E-state index is 11.2. The van der Waals surface area contributed by atoms with Gasteiger partial charge in [-0.25, -0.2) is 4.79 Å². The first kappa shape index (κ1) is 12.6. The molecule has 0 saturated carbocycles. The molecule has 16 heavy (non-hydrogen) atoms. The van der Waals surface area contributed by atoms with E-state index < -0.39 is 11.9 Å². The van der Waals surface area contributed by atoms with Crippen LogP contribution in [0.4, 0.5) is 0 Å². The Balaban J connectivity index is 2.62. The van der Waals surface area contributed by atoms with Gasteiger partial charge in [0.1, 0.15) is 5.76 Å². The molecule has 1 rings (SSSR count). The summed E-state index contributed by atoms with van der Waals surface area (Å²) in [6, 6.07) is 1.71. The first-order valence-corrected chi connectivity index (χ1v) is 5.67. The molecule has 0 aliphatic heterocycles. The standard InChI is InChI=1S/C10H12O5S/c1-6-3-7(4-16-5-8(11)12)15-9(6)10(13)14-2/h3H,4-5H2,1-2H3,(H,11,12). The number of ether oxygens (including phenoxy) is 1. The zero-order valence-electron chi connectivity index (χ0n) is 8.98. The van der Waals surface area contributed by atoms with E-state index >= 15 is 0 Å². The van der Waals surface area contributed by atoms with E-state index in [2.05, 4.69) is 4.74 Å². The number of thioether (sulfide) groups is 1. The van der Waals surface area contributed by atoms with Gasteiger partial charge in [-0.05, 0) is 13.0 Å². The topological polar surface area (TPSA) is 76.7 Å². The predicted octanol–water partition coefficient (Wildman–Crippen LogP) is 1.69. The normalized spacial score (nSPS) is 10.1. The smallest absolute Gasteiger partial charge is 0.374 e.